The summed E-state index contributed by atoms with van der Waals surface area (Å²) in [7, 11) is 0. The smallest absolute Gasteiger partial charge is 0.305 e. The first-order chi connectivity index (χ1) is 30.4. The van der Waals surface area contributed by atoms with Crippen LogP contribution in [0.3, 0.4) is 0 Å². The highest BCUT2D eigenvalue weighted by molar-refractivity contribution is 5.70. The van der Waals surface area contributed by atoms with Gasteiger partial charge in [-0.1, -0.05) is 155 Å². The summed E-state index contributed by atoms with van der Waals surface area (Å²) in [6, 6.07) is 0. The summed E-state index contributed by atoms with van der Waals surface area (Å²) in [5.41, 5.74) is 3.62. The van der Waals surface area contributed by atoms with E-state index in [1.807, 2.05) is 6.20 Å². The zero-order chi connectivity index (χ0) is 45.0. The second kappa shape index (κ2) is 43.6. The number of esters is 3. The van der Waals surface area contributed by atoms with Crippen LogP contribution >= 0.6 is 0 Å². The molecule has 9 heteroatoms. The molecule has 1 rings (SSSR count). The first kappa shape index (κ1) is 57.4. The molecule has 0 aromatic rings. The topological polar surface area (TPSA) is 114 Å². The molecular weight excluding hydrogens is 777 g/mol. The lowest BCUT2D eigenvalue weighted by atomic mass is 9.92. The lowest BCUT2D eigenvalue weighted by molar-refractivity contribution is -0.144. The fourth-order valence-corrected chi connectivity index (χ4v) is 8.16. The molecule has 0 aliphatic carbocycles. The van der Waals surface area contributed by atoms with E-state index in [1.165, 1.54) is 120 Å². The van der Waals surface area contributed by atoms with Crippen molar-refractivity contribution in [2.45, 2.75) is 239 Å². The highest BCUT2D eigenvalue weighted by atomic mass is 16.5. The Kier molecular flexibility index (Phi) is 40.3. The zero-order valence-electron chi connectivity index (χ0n) is 40.6. The quantitative estimate of drug-likeness (QED) is 0.0351. The monoisotopic (exact) mass is 873 g/mol. The maximum absolute atomic E-state index is 12.7. The number of carbonyl (C=O) groups is 3. The van der Waals surface area contributed by atoms with E-state index < -0.39 is 0 Å². The minimum Gasteiger partial charge on any atom is -0.466 e. The van der Waals surface area contributed by atoms with Crippen LogP contribution in [-0.4, -0.2) is 74.0 Å². The number of ether oxygens (including phenoxy) is 3. The normalized spacial score (nSPS) is 12.7. The maximum atomic E-state index is 12.7. The van der Waals surface area contributed by atoms with E-state index in [2.05, 4.69) is 43.1 Å². The number of hydrogen-bond donors (Lipinski definition) is 2. The van der Waals surface area contributed by atoms with Crippen molar-refractivity contribution in [1.82, 2.24) is 10.2 Å². The summed E-state index contributed by atoms with van der Waals surface area (Å²) < 4.78 is 16.7. The van der Waals surface area contributed by atoms with Gasteiger partial charge in [0.05, 0.1) is 26.4 Å². The SMILES string of the molecule is CCCCCCCCCCCOC(=O)CCCN(CCO)CCCCC1=CC=CNC(CCCC(=O)OCCCCCCCCC)=C1CCCC(=O)OCCCCCCCCC. The Labute approximate surface area is 381 Å². The third kappa shape index (κ3) is 34.8. The van der Waals surface area contributed by atoms with Crippen molar-refractivity contribution < 1.29 is 33.7 Å². The van der Waals surface area contributed by atoms with Gasteiger partial charge in [-0.25, -0.2) is 0 Å². The summed E-state index contributed by atoms with van der Waals surface area (Å²) in [5.74, 6) is -0.365. The van der Waals surface area contributed by atoms with Crippen LogP contribution in [-0.2, 0) is 28.6 Å². The summed E-state index contributed by atoms with van der Waals surface area (Å²) >= 11 is 0. The molecule has 360 valence electrons. The highest BCUT2D eigenvalue weighted by Crippen LogP contribution is 2.29. The second-order valence-electron chi connectivity index (χ2n) is 17.7. The van der Waals surface area contributed by atoms with Crippen LogP contribution in [0.15, 0.2) is 35.2 Å². The van der Waals surface area contributed by atoms with Gasteiger partial charge < -0.3 is 29.5 Å². The van der Waals surface area contributed by atoms with E-state index >= 15 is 0 Å². The lowest BCUT2D eigenvalue weighted by Crippen LogP contribution is -2.29. The van der Waals surface area contributed by atoms with Crippen LogP contribution in [0, 0.1) is 0 Å². The molecule has 0 atom stereocenters. The van der Waals surface area contributed by atoms with Gasteiger partial charge in [0.2, 0.25) is 0 Å². The Balaban J connectivity index is 2.62. The number of hydrogen-bond acceptors (Lipinski definition) is 9. The van der Waals surface area contributed by atoms with E-state index in [1.54, 1.807) is 0 Å². The molecule has 1 heterocycles. The summed E-state index contributed by atoms with van der Waals surface area (Å²) in [6.45, 7) is 10.5. The summed E-state index contributed by atoms with van der Waals surface area (Å²) in [5, 5.41) is 13.3. The molecule has 0 aromatic heterocycles. The minimum atomic E-state index is -0.125. The van der Waals surface area contributed by atoms with Crippen molar-refractivity contribution in [2.75, 3.05) is 46.1 Å². The van der Waals surface area contributed by atoms with Gasteiger partial charge in [0, 0.05) is 37.7 Å². The number of nitrogens with zero attached hydrogens (tertiary/aromatic N) is 1. The molecule has 0 saturated heterocycles. The van der Waals surface area contributed by atoms with E-state index in [-0.39, 0.29) is 24.5 Å². The predicted octanol–water partition coefficient (Wildman–Crippen LogP) is 13.5. The van der Waals surface area contributed by atoms with E-state index in [0.29, 0.717) is 58.5 Å². The molecule has 0 radical (unpaired) electrons. The van der Waals surface area contributed by atoms with Crippen molar-refractivity contribution >= 4 is 17.9 Å². The molecule has 9 nitrogen and oxygen atoms in total. The van der Waals surface area contributed by atoms with E-state index in [0.717, 1.165) is 95.8 Å². The molecule has 0 unspecified atom stereocenters. The molecule has 2 N–H and O–H groups in total. The Morgan fingerprint density at radius 1 is 0.484 bits per heavy atom. The third-order valence-corrected chi connectivity index (χ3v) is 12.0. The molecule has 1 aliphatic rings. The second-order valence-corrected chi connectivity index (χ2v) is 17.7. The van der Waals surface area contributed by atoms with Crippen LogP contribution in [0.25, 0.3) is 0 Å². The van der Waals surface area contributed by atoms with Crippen molar-refractivity contribution in [2.24, 2.45) is 0 Å². The molecule has 0 bridgehead atoms. The van der Waals surface area contributed by atoms with Crippen LogP contribution in [0.5, 0.6) is 0 Å². The molecular formula is C53H96N2O7. The molecule has 0 amide bonds. The number of aliphatic hydroxyl groups excluding tert-OH is 1. The number of allylic oxidation sites excluding steroid dienone is 5. The highest BCUT2D eigenvalue weighted by Gasteiger charge is 2.16. The lowest BCUT2D eigenvalue weighted by Gasteiger charge is -2.22. The van der Waals surface area contributed by atoms with E-state index in [4.69, 9.17) is 14.2 Å². The van der Waals surface area contributed by atoms with Gasteiger partial charge in [0.1, 0.15) is 0 Å². The fraction of sp³-hybridized carbons (Fsp3) is 0.830. The first-order valence-electron chi connectivity index (χ1n) is 26.1. The third-order valence-electron chi connectivity index (χ3n) is 12.0. The average Bonchev–Trinajstić information content (AvgIpc) is 3.46. The average molecular weight is 873 g/mol. The Bertz CT molecular complexity index is 1180. The Hall–Kier alpha value is -2.65. The van der Waals surface area contributed by atoms with Gasteiger partial charge >= 0.3 is 17.9 Å². The summed E-state index contributed by atoms with van der Waals surface area (Å²) in [4.78, 5) is 40.0. The van der Waals surface area contributed by atoms with Crippen LogP contribution in [0.2, 0.25) is 0 Å². The van der Waals surface area contributed by atoms with E-state index in [9.17, 15) is 19.5 Å². The number of nitrogens with one attached hydrogen (secondary N) is 1. The number of carbonyl (C=O) groups excluding carboxylic acids is 3. The molecule has 0 fully saturated rings. The van der Waals surface area contributed by atoms with Crippen LogP contribution in [0.1, 0.15) is 239 Å². The van der Waals surface area contributed by atoms with Gasteiger partial charge in [0.15, 0.2) is 0 Å². The van der Waals surface area contributed by atoms with Crippen molar-refractivity contribution in [3.63, 3.8) is 0 Å². The molecule has 0 saturated carbocycles. The number of rotatable bonds is 45. The van der Waals surface area contributed by atoms with Gasteiger partial charge in [0.25, 0.3) is 0 Å². The standard InChI is InChI=1S/C53H96N2O7/c1-4-7-10-13-16-17-20-23-28-47-62-53(59)39-32-42-55(43-44-56)41-25-24-33-48-34-31-40-54-50(36-30-38-52(58)61-46-27-22-19-15-12-9-6-3)49(48)35-29-37-51(57)60-45-26-21-18-14-11-8-5-2/h31,34,40,54,56H,4-30,32-33,35-39,41-47H2,1-3H3. The maximum Gasteiger partial charge on any atom is 0.305 e. The molecule has 62 heavy (non-hydrogen) atoms. The van der Waals surface area contributed by atoms with Crippen LogP contribution in [0.4, 0.5) is 0 Å². The zero-order valence-corrected chi connectivity index (χ0v) is 40.6. The van der Waals surface area contributed by atoms with Crippen molar-refractivity contribution in [1.29, 1.82) is 0 Å². The number of unbranched alkanes of at least 4 members (excludes halogenated alkanes) is 21. The van der Waals surface area contributed by atoms with Crippen molar-refractivity contribution in [3.05, 3.63) is 35.2 Å². The number of aliphatic hydroxyl groups is 1. The van der Waals surface area contributed by atoms with Gasteiger partial charge in [-0.05, 0) is 101 Å². The van der Waals surface area contributed by atoms with Crippen molar-refractivity contribution in [3.8, 4) is 0 Å². The van der Waals surface area contributed by atoms with Gasteiger partial charge in [-0.3, -0.25) is 14.4 Å². The minimum absolute atomic E-state index is 0.0923. The van der Waals surface area contributed by atoms with Gasteiger partial charge in [-0.2, -0.15) is 0 Å². The first-order valence-corrected chi connectivity index (χ1v) is 26.1. The Morgan fingerprint density at radius 3 is 1.37 bits per heavy atom. The molecule has 0 aromatic carbocycles. The Morgan fingerprint density at radius 2 is 0.903 bits per heavy atom. The summed E-state index contributed by atoms with van der Waals surface area (Å²) in [6.07, 6.45) is 41.8. The predicted molar refractivity (Wildman–Crippen MR) is 258 cm³/mol. The largest absolute Gasteiger partial charge is 0.466 e. The van der Waals surface area contributed by atoms with Gasteiger partial charge in [-0.15, -0.1) is 0 Å². The molecule has 0 spiro atoms. The van der Waals surface area contributed by atoms with Crippen LogP contribution < -0.4 is 5.32 Å². The fourth-order valence-electron chi connectivity index (χ4n) is 8.16. The molecule has 1 aliphatic heterocycles.